The number of esters is 2. The molecule has 0 saturated carbocycles. The van der Waals surface area contributed by atoms with Gasteiger partial charge in [-0.1, -0.05) is 6.58 Å². The molecule has 2 rings (SSSR count). The molecule has 9 heteroatoms. The highest BCUT2D eigenvalue weighted by atomic mass is 19.1. The third kappa shape index (κ3) is 3.49. The Balaban J connectivity index is 2.88. The molecule has 0 aliphatic heterocycles. The Bertz CT molecular complexity index is 1070. The maximum Gasteiger partial charge on any atom is 0.343 e. The predicted octanol–water partition coefficient (Wildman–Crippen LogP) is 2.73. The number of benzene rings is 1. The fourth-order valence-corrected chi connectivity index (χ4v) is 2.68. The van der Waals surface area contributed by atoms with Gasteiger partial charge in [0.1, 0.15) is 11.4 Å². The molecule has 0 spiro atoms. The van der Waals surface area contributed by atoms with Crippen LogP contribution < -0.4 is 5.43 Å². The second-order valence-corrected chi connectivity index (χ2v) is 5.48. The highest BCUT2D eigenvalue weighted by Crippen LogP contribution is 2.29. The van der Waals surface area contributed by atoms with E-state index in [0.29, 0.717) is 6.07 Å². The van der Waals surface area contributed by atoms with Gasteiger partial charge in [0.2, 0.25) is 5.43 Å². The first-order valence-electron chi connectivity index (χ1n) is 8.24. The van der Waals surface area contributed by atoms with E-state index in [1.807, 2.05) is 0 Å². The number of carbonyl (C=O) groups is 2. The number of hydrogen-bond donors (Lipinski definition) is 0. The summed E-state index contributed by atoms with van der Waals surface area (Å²) >= 11 is 0. The number of nitriles is 1. The average Bonchev–Trinajstić information content (AvgIpc) is 2.66. The van der Waals surface area contributed by atoms with Gasteiger partial charge in [-0.15, -0.1) is 0 Å². The van der Waals surface area contributed by atoms with E-state index in [4.69, 9.17) is 4.74 Å². The molecule has 7 nitrogen and oxygen atoms in total. The quantitative estimate of drug-likeness (QED) is 0.704. The molecule has 0 N–H and O–H groups in total. The second kappa shape index (κ2) is 8.43. The fourth-order valence-electron chi connectivity index (χ4n) is 2.68. The van der Waals surface area contributed by atoms with Gasteiger partial charge < -0.3 is 14.0 Å². The highest BCUT2D eigenvalue weighted by molar-refractivity contribution is 5.95. The van der Waals surface area contributed by atoms with Crippen molar-refractivity contribution in [1.29, 1.82) is 5.26 Å². The Labute approximate surface area is 158 Å². The lowest BCUT2D eigenvalue weighted by Crippen LogP contribution is -2.22. The van der Waals surface area contributed by atoms with Crippen LogP contribution in [-0.4, -0.2) is 29.7 Å². The van der Waals surface area contributed by atoms with Gasteiger partial charge in [-0.25, -0.2) is 13.6 Å². The van der Waals surface area contributed by atoms with E-state index in [2.05, 4.69) is 11.3 Å². The van der Waals surface area contributed by atoms with Crippen molar-refractivity contribution in [2.24, 2.45) is 0 Å². The molecular weight excluding hydrogens is 374 g/mol. The Hall–Kier alpha value is -3.54. The van der Waals surface area contributed by atoms with Crippen molar-refractivity contribution < 1.29 is 27.8 Å². The smallest absolute Gasteiger partial charge is 0.343 e. The minimum absolute atomic E-state index is 0.00451. The number of hydrogen-bond acceptors (Lipinski definition) is 6. The van der Waals surface area contributed by atoms with Gasteiger partial charge in [0.05, 0.1) is 35.7 Å². The second-order valence-electron chi connectivity index (χ2n) is 5.48. The summed E-state index contributed by atoms with van der Waals surface area (Å²) in [6.07, 6.45) is 2.08. The summed E-state index contributed by atoms with van der Waals surface area (Å²) in [5.41, 5.74) is -2.69. The van der Waals surface area contributed by atoms with Crippen LogP contribution in [0.4, 0.5) is 8.78 Å². The zero-order chi connectivity index (χ0) is 21.0. The summed E-state index contributed by atoms with van der Waals surface area (Å²) in [6.45, 7) is 6.39. The van der Waals surface area contributed by atoms with Crippen molar-refractivity contribution >= 4 is 29.0 Å². The minimum Gasteiger partial charge on any atom is -0.465 e. The van der Waals surface area contributed by atoms with Gasteiger partial charge in [0.15, 0.2) is 11.7 Å². The lowest BCUT2D eigenvalue weighted by molar-refractivity contribution is -0.143. The van der Waals surface area contributed by atoms with Gasteiger partial charge in [0.25, 0.3) is 0 Å². The van der Waals surface area contributed by atoms with E-state index in [1.165, 1.54) is 19.9 Å². The monoisotopic (exact) mass is 390 g/mol. The van der Waals surface area contributed by atoms with Gasteiger partial charge in [-0.3, -0.25) is 9.59 Å². The molecule has 2 aromatic rings. The summed E-state index contributed by atoms with van der Waals surface area (Å²) in [7, 11) is 0. The Morgan fingerprint density at radius 1 is 1.32 bits per heavy atom. The average molecular weight is 390 g/mol. The first kappa shape index (κ1) is 20.8. The van der Waals surface area contributed by atoms with Gasteiger partial charge in [0, 0.05) is 12.4 Å². The van der Waals surface area contributed by atoms with Gasteiger partial charge in [-0.05, 0) is 19.9 Å². The van der Waals surface area contributed by atoms with Crippen LogP contribution in [0.5, 0.6) is 0 Å². The maximum atomic E-state index is 15.2. The summed E-state index contributed by atoms with van der Waals surface area (Å²) < 4.78 is 40.2. The molecule has 146 valence electrons. The molecule has 0 amide bonds. The third-order valence-electron chi connectivity index (χ3n) is 3.88. The SMILES string of the molecule is C=Cn1cc(C(=O)OCC)c(=O)c2cc(F)c(C(C#N)C(=O)OCC)c(F)c21. The van der Waals surface area contributed by atoms with Crippen LogP contribution in [0.3, 0.4) is 0 Å². The van der Waals surface area contributed by atoms with E-state index in [1.54, 1.807) is 0 Å². The highest BCUT2D eigenvalue weighted by Gasteiger charge is 2.31. The van der Waals surface area contributed by atoms with Crippen molar-refractivity contribution in [3.8, 4) is 6.07 Å². The van der Waals surface area contributed by atoms with E-state index < -0.39 is 56.9 Å². The first-order valence-corrected chi connectivity index (χ1v) is 8.24. The number of aromatic nitrogens is 1. The topological polar surface area (TPSA) is 98.4 Å². The third-order valence-corrected chi connectivity index (χ3v) is 3.88. The Morgan fingerprint density at radius 2 is 1.96 bits per heavy atom. The number of rotatable bonds is 6. The van der Waals surface area contributed by atoms with Crippen LogP contribution in [-0.2, 0) is 14.3 Å². The van der Waals surface area contributed by atoms with Crippen LogP contribution in [0.15, 0.2) is 23.6 Å². The van der Waals surface area contributed by atoms with Crippen LogP contribution in [0.1, 0.15) is 35.7 Å². The molecule has 0 fully saturated rings. The maximum absolute atomic E-state index is 15.2. The summed E-state index contributed by atoms with van der Waals surface area (Å²) in [5.74, 6) is -6.56. The van der Waals surface area contributed by atoms with E-state index in [9.17, 15) is 24.0 Å². The molecule has 0 bridgehead atoms. The number of nitrogens with zero attached hydrogens (tertiary/aromatic N) is 2. The van der Waals surface area contributed by atoms with Crippen LogP contribution in [0.25, 0.3) is 17.1 Å². The Kier molecular flexibility index (Phi) is 6.26. The zero-order valence-electron chi connectivity index (χ0n) is 15.1. The van der Waals surface area contributed by atoms with E-state index in [0.717, 1.165) is 17.0 Å². The molecular formula is C19H16F2N2O5. The van der Waals surface area contributed by atoms with Crippen LogP contribution in [0.2, 0.25) is 0 Å². The number of carbonyl (C=O) groups excluding carboxylic acids is 2. The molecule has 1 aromatic heterocycles. The normalized spacial score (nSPS) is 11.5. The van der Waals surface area contributed by atoms with Crippen LogP contribution in [0, 0.1) is 23.0 Å². The van der Waals surface area contributed by atoms with Crippen LogP contribution >= 0.6 is 0 Å². The molecule has 0 aliphatic carbocycles. The lowest BCUT2D eigenvalue weighted by atomic mass is 9.96. The molecule has 1 heterocycles. The molecule has 1 aromatic carbocycles. The zero-order valence-corrected chi connectivity index (χ0v) is 15.1. The van der Waals surface area contributed by atoms with E-state index in [-0.39, 0.29) is 13.2 Å². The standard InChI is InChI=1S/C19H16F2N2O5/c1-4-23-9-12(19(26)28-6-3)17(24)10-7-13(20)14(15(21)16(10)23)11(8-22)18(25)27-5-2/h4,7,9,11H,1,5-6H2,2-3H3. The van der Waals surface area contributed by atoms with Crippen molar-refractivity contribution in [2.45, 2.75) is 19.8 Å². The van der Waals surface area contributed by atoms with Crippen molar-refractivity contribution in [1.82, 2.24) is 4.57 Å². The molecule has 0 radical (unpaired) electrons. The largest absolute Gasteiger partial charge is 0.465 e. The summed E-state index contributed by atoms with van der Waals surface area (Å²) in [5, 5.41) is 8.75. The number of fused-ring (bicyclic) bond motifs is 1. The summed E-state index contributed by atoms with van der Waals surface area (Å²) in [4.78, 5) is 36.5. The Morgan fingerprint density at radius 3 is 2.50 bits per heavy atom. The number of pyridine rings is 1. The predicted molar refractivity (Wildman–Crippen MR) is 95.5 cm³/mol. The van der Waals surface area contributed by atoms with E-state index >= 15 is 4.39 Å². The lowest BCUT2D eigenvalue weighted by Gasteiger charge is -2.15. The van der Waals surface area contributed by atoms with Crippen molar-refractivity contribution in [3.05, 3.63) is 51.8 Å². The number of ether oxygens (including phenoxy) is 2. The molecule has 0 aliphatic rings. The number of halogens is 2. The fraction of sp³-hybridized carbons (Fsp3) is 0.263. The molecule has 1 unspecified atom stereocenters. The molecule has 28 heavy (non-hydrogen) atoms. The van der Waals surface area contributed by atoms with Crippen molar-refractivity contribution in [3.63, 3.8) is 0 Å². The molecule has 0 saturated heterocycles. The van der Waals surface area contributed by atoms with Gasteiger partial charge >= 0.3 is 11.9 Å². The van der Waals surface area contributed by atoms with Gasteiger partial charge in [-0.2, -0.15) is 5.26 Å². The van der Waals surface area contributed by atoms with Crippen molar-refractivity contribution in [2.75, 3.05) is 13.2 Å². The minimum atomic E-state index is -1.87. The summed E-state index contributed by atoms with van der Waals surface area (Å²) in [6, 6.07) is 2.17. The molecule has 1 atom stereocenters. The first-order chi connectivity index (χ1) is 13.3.